The topological polar surface area (TPSA) is 55.6 Å². The Morgan fingerprint density at radius 1 is 1.39 bits per heavy atom. The quantitative estimate of drug-likeness (QED) is 0.677. The van der Waals surface area contributed by atoms with Gasteiger partial charge in [-0.05, 0) is 25.0 Å². The first kappa shape index (κ1) is 15.6. The molecule has 0 bridgehead atoms. The van der Waals surface area contributed by atoms with E-state index in [4.69, 9.17) is 4.74 Å². The fourth-order valence-electron chi connectivity index (χ4n) is 2.27. The molecule has 0 atom stereocenters. The van der Waals surface area contributed by atoms with Gasteiger partial charge in [-0.1, -0.05) is 18.2 Å². The number of benzene rings is 1. The number of fused-ring (bicyclic) bond motifs is 1. The fraction of sp³-hybridized carbons (Fsp3) is 0.294. The molecule has 3 aromatic rings. The lowest BCUT2D eigenvalue weighted by Crippen LogP contribution is -2.23. The zero-order valence-electron chi connectivity index (χ0n) is 13.0. The first-order valence-electron chi connectivity index (χ1n) is 7.58. The largest absolute Gasteiger partial charge is 0.493 e. The molecule has 0 fully saturated rings. The molecule has 0 aliphatic carbocycles. The highest BCUT2D eigenvalue weighted by Crippen LogP contribution is 2.16. The van der Waals surface area contributed by atoms with E-state index in [0.29, 0.717) is 26.0 Å². The smallest absolute Gasteiger partial charge is 0.220 e. The Bertz CT molecular complexity index is 765. The summed E-state index contributed by atoms with van der Waals surface area (Å²) >= 11 is 1.58. The van der Waals surface area contributed by atoms with Crippen LogP contribution >= 0.6 is 11.3 Å². The zero-order chi connectivity index (χ0) is 16.1. The molecular formula is C17H19N3O2S. The molecule has 2 aromatic heterocycles. The number of carbonyl (C=O) groups excluding carboxylic acids is 1. The molecule has 0 spiro atoms. The van der Waals surface area contributed by atoms with Gasteiger partial charge in [-0.25, -0.2) is 4.98 Å². The van der Waals surface area contributed by atoms with Gasteiger partial charge in [0.1, 0.15) is 5.75 Å². The first-order chi connectivity index (χ1) is 11.2. The Morgan fingerprint density at radius 3 is 3.09 bits per heavy atom. The Morgan fingerprint density at radius 2 is 2.26 bits per heavy atom. The van der Waals surface area contributed by atoms with Gasteiger partial charge in [0.2, 0.25) is 5.91 Å². The third kappa shape index (κ3) is 4.10. The van der Waals surface area contributed by atoms with Crippen molar-refractivity contribution in [3.63, 3.8) is 0 Å². The molecule has 0 radical (unpaired) electrons. The van der Waals surface area contributed by atoms with Gasteiger partial charge in [-0.2, -0.15) is 0 Å². The Hall–Kier alpha value is -2.34. The Kier molecular flexibility index (Phi) is 4.92. The average Bonchev–Trinajstić information content (AvgIpc) is 3.12. The molecule has 5 nitrogen and oxygen atoms in total. The van der Waals surface area contributed by atoms with Crippen LogP contribution < -0.4 is 10.1 Å². The molecular weight excluding hydrogens is 310 g/mol. The van der Waals surface area contributed by atoms with Crippen LogP contribution in [0.1, 0.15) is 24.1 Å². The van der Waals surface area contributed by atoms with E-state index >= 15 is 0 Å². The number of ether oxygens (including phenoxy) is 1. The summed E-state index contributed by atoms with van der Waals surface area (Å²) in [5.41, 5.74) is 1.98. The van der Waals surface area contributed by atoms with Crippen LogP contribution in [0, 0.1) is 6.92 Å². The molecule has 120 valence electrons. The number of rotatable bonds is 7. The lowest BCUT2D eigenvalue weighted by molar-refractivity contribution is -0.121. The maximum atomic E-state index is 11.8. The minimum Gasteiger partial charge on any atom is -0.493 e. The van der Waals surface area contributed by atoms with E-state index < -0.39 is 0 Å². The summed E-state index contributed by atoms with van der Waals surface area (Å²) < 4.78 is 7.65. The Balaban J connectivity index is 1.36. The minimum atomic E-state index is 0.0229. The van der Waals surface area contributed by atoms with Crippen LogP contribution in [0.15, 0.2) is 42.0 Å². The standard InChI is InChI=1S/C17H19N3O2S/c1-13-5-2-3-6-15(13)22-9-4-7-16(21)18-11-14-12-20-8-10-23-17(20)19-14/h2-3,5-6,8,10,12H,4,7,9,11H2,1H3,(H,18,21). The van der Waals surface area contributed by atoms with E-state index in [1.165, 1.54) is 0 Å². The molecule has 1 aromatic carbocycles. The number of hydrogen-bond donors (Lipinski definition) is 1. The molecule has 0 saturated carbocycles. The zero-order valence-corrected chi connectivity index (χ0v) is 13.8. The summed E-state index contributed by atoms with van der Waals surface area (Å²) in [6.45, 7) is 3.02. The van der Waals surface area contributed by atoms with E-state index in [2.05, 4.69) is 10.3 Å². The highest BCUT2D eigenvalue weighted by Gasteiger charge is 2.06. The van der Waals surface area contributed by atoms with Gasteiger partial charge in [0.05, 0.1) is 18.8 Å². The summed E-state index contributed by atoms with van der Waals surface area (Å²) in [6, 6.07) is 7.89. The van der Waals surface area contributed by atoms with E-state index in [1.807, 2.05) is 53.4 Å². The van der Waals surface area contributed by atoms with Crippen molar-refractivity contribution in [3.05, 3.63) is 53.3 Å². The molecule has 1 amide bonds. The molecule has 2 heterocycles. The molecule has 0 unspecified atom stereocenters. The average molecular weight is 329 g/mol. The van der Waals surface area contributed by atoms with Gasteiger partial charge in [0.25, 0.3) is 0 Å². The second-order valence-corrected chi connectivity index (χ2v) is 6.19. The summed E-state index contributed by atoms with van der Waals surface area (Å²) in [5.74, 6) is 0.903. The first-order valence-corrected chi connectivity index (χ1v) is 8.46. The van der Waals surface area contributed by atoms with Crippen LogP contribution in [-0.4, -0.2) is 21.9 Å². The minimum absolute atomic E-state index is 0.0229. The van der Waals surface area contributed by atoms with Crippen LogP contribution in [0.2, 0.25) is 0 Å². The lowest BCUT2D eigenvalue weighted by atomic mass is 10.2. The molecule has 0 aliphatic heterocycles. The highest BCUT2D eigenvalue weighted by molar-refractivity contribution is 7.15. The van der Waals surface area contributed by atoms with E-state index in [9.17, 15) is 4.79 Å². The van der Waals surface area contributed by atoms with Crippen molar-refractivity contribution in [3.8, 4) is 5.75 Å². The monoisotopic (exact) mass is 329 g/mol. The van der Waals surface area contributed by atoms with Gasteiger partial charge in [-0.3, -0.25) is 9.20 Å². The summed E-state index contributed by atoms with van der Waals surface area (Å²) in [7, 11) is 0. The third-order valence-corrected chi connectivity index (χ3v) is 4.28. The summed E-state index contributed by atoms with van der Waals surface area (Å²) in [6.07, 6.45) is 5.04. The molecule has 1 N–H and O–H groups in total. The van der Waals surface area contributed by atoms with Crippen molar-refractivity contribution in [2.24, 2.45) is 0 Å². The van der Waals surface area contributed by atoms with Crippen LogP contribution in [0.3, 0.4) is 0 Å². The van der Waals surface area contributed by atoms with Crippen molar-refractivity contribution in [2.45, 2.75) is 26.3 Å². The number of aromatic nitrogens is 2. The molecule has 23 heavy (non-hydrogen) atoms. The second kappa shape index (κ2) is 7.28. The van der Waals surface area contributed by atoms with Crippen molar-refractivity contribution in [1.29, 1.82) is 0 Å². The number of carbonyl (C=O) groups is 1. The predicted octanol–water partition coefficient (Wildman–Crippen LogP) is 3.18. The van der Waals surface area contributed by atoms with Gasteiger partial charge < -0.3 is 10.1 Å². The molecule has 3 rings (SSSR count). The number of imidazole rings is 1. The molecule has 0 saturated heterocycles. The lowest BCUT2D eigenvalue weighted by Gasteiger charge is -2.08. The van der Waals surface area contributed by atoms with Gasteiger partial charge in [0, 0.05) is 24.2 Å². The van der Waals surface area contributed by atoms with Crippen LogP contribution in [0.4, 0.5) is 0 Å². The number of para-hydroxylation sites is 1. The van der Waals surface area contributed by atoms with E-state index in [1.54, 1.807) is 11.3 Å². The number of nitrogens with zero attached hydrogens (tertiary/aromatic N) is 2. The van der Waals surface area contributed by atoms with Gasteiger partial charge in [0.15, 0.2) is 4.96 Å². The number of aryl methyl sites for hydroxylation is 1. The van der Waals surface area contributed by atoms with Crippen molar-refractivity contribution in [1.82, 2.24) is 14.7 Å². The van der Waals surface area contributed by atoms with Crippen LogP contribution in [0.25, 0.3) is 4.96 Å². The highest BCUT2D eigenvalue weighted by atomic mass is 32.1. The molecule has 6 heteroatoms. The normalized spacial score (nSPS) is 10.8. The number of thiazole rings is 1. The van der Waals surface area contributed by atoms with Crippen LogP contribution in [0.5, 0.6) is 5.75 Å². The number of nitrogens with one attached hydrogen (secondary N) is 1. The third-order valence-electron chi connectivity index (χ3n) is 3.51. The van der Waals surface area contributed by atoms with Gasteiger partial charge in [-0.15, -0.1) is 11.3 Å². The van der Waals surface area contributed by atoms with Crippen molar-refractivity contribution >= 4 is 22.2 Å². The maximum absolute atomic E-state index is 11.8. The SMILES string of the molecule is Cc1ccccc1OCCCC(=O)NCc1cn2ccsc2n1. The van der Waals surface area contributed by atoms with E-state index in [0.717, 1.165) is 22.0 Å². The predicted molar refractivity (Wildman–Crippen MR) is 90.8 cm³/mol. The number of amides is 1. The van der Waals surface area contributed by atoms with Gasteiger partial charge >= 0.3 is 0 Å². The van der Waals surface area contributed by atoms with E-state index in [-0.39, 0.29) is 5.91 Å². The summed E-state index contributed by atoms with van der Waals surface area (Å²) in [4.78, 5) is 17.2. The van der Waals surface area contributed by atoms with Crippen molar-refractivity contribution in [2.75, 3.05) is 6.61 Å². The maximum Gasteiger partial charge on any atom is 0.220 e. The Labute approximate surface area is 138 Å². The number of hydrogen-bond acceptors (Lipinski definition) is 4. The summed E-state index contributed by atoms with van der Waals surface area (Å²) in [5, 5.41) is 4.88. The molecule has 0 aliphatic rings. The van der Waals surface area contributed by atoms with Crippen LogP contribution in [-0.2, 0) is 11.3 Å². The fourth-order valence-corrected chi connectivity index (χ4v) is 2.99. The van der Waals surface area contributed by atoms with Crippen molar-refractivity contribution < 1.29 is 9.53 Å². The second-order valence-electron chi connectivity index (χ2n) is 5.32.